The van der Waals surface area contributed by atoms with Crippen LogP contribution in [0.1, 0.15) is 36.8 Å². The second-order valence-electron chi connectivity index (χ2n) is 10.7. The smallest absolute Gasteiger partial charge is 0.244 e. The summed E-state index contributed by atoms with van der Waals surface area (Å²) >= 11 is 0. The van der Waals surface area contributed by atoms with E-state index >= 15 is 0 Å². The van der Waals surface area contributed by atoms with Crippen LogP contribution in [-0.2, 0) is 29.9 Å². The number of nitrogens with zero attached hydrogens (tertiary/aromatic N) is 7. The summed E-state index contributed by atoms with van der Waals surface area (Å²) in [6.45, 7) is 6.10. The Labute approximate surface area is 223 Å². The number of hydrogen-bond acceptors (Lipinski definition) is 9. The van der Waals surface area contributed by atoms with E-state index in [1.165, 1.54) is 6.20 Å². The number of aryl methyl sites for hydroxylation is 3. The fraction of sp³-hybridized carbons (Fsp3) is 0.538. The number of β-amino-alcohol motifs (C(OH)–C–C–N with tert-alkyl or cyclic N) is 1. The first kappa shape index (κ1) is 25.2. The standard InChI is InChI=1S/C26H34N8O3S/c1-16-14-34(38(36,37)20-5-7-23(27-13-20)33-10-8-19(35)15-33)11-9-21(16)30-26-28-12-18-4-6-22-25(24(18)31-26)32(3)17(2)29-22/h5,7,12-13,16,19,21,35H,4,6,8-11,14-15H2,1-3H3,(H,28,30,31)/t16-,19?,21+/m1/s1. The van der Waals surface area contributed by atoms with Crippen LogP contribution in [0.15, 0.2) is 29.4 Å². The van der Waals surface area contributed by atoms with Crippen molar-refractivity contribution in [3.05, 3.63) is 41.6 Å². The normalized spacial score (nSPS) is 23.8. The maximum absolute atomic E-state index is 13.4. The van der Waals surface area contributed by atoms with Gasteiger partial charge in [-0.1, -0.05) is 6.92 Å². The third-order valence-corrected chi connectivity index (χ3v) is 9.99. The largest absolute Gasteiger partial charge is 0.391 e. The molecule has 1 aliphatic carbocycles. The highest BCUT2D eigenvalue weighted by Gasteiger charge is 2.35. The highest BCUT2D eigenvalue weighted by atomic mass is 32.2. The molecule has 2 fully saturated rings. The summed E-state index contributed by atoms with van der Waals surface area (Å²) in [6.07, 6.45) is 6.09. The second-order valence-corrected chi connectivity index (χ2v) is 12.6. The molecular formula is C26H34N8O3S. The maximum Gasteiger partial charge on any atom is 0.244 e. The van der Waals surface area contributed by atoms with E-state index in [0.29, 0.717) is 44.2 Å². The Bertz CT molecular complexity index is 1460. The number of aliphatic hydroxyl groups excluding tert-OH is 1. The van der Waals surface area contributed by atoms with Gasteiger partial charge in [0.1, 0.15) is 16.5 Å². The lowest BCUT2D eigenvalue weighted by Crippen LogP contribution is -2.47. The van der Waals surface area contributed by atoms with Crippen molar-refractivity contribution in [1.82, 2.24) is 28.8 Å². The topological polar surface area (TPSA) is 129 Å². The van der Waals surface area contributed by atoms with E-state index in [9.17, 15) is 13.5 Å². The summed E-state index contributed by atoms with van der Waals surface area (Å²) in [5.41, 5.74) is 4.19. The summed E-state index contributed by atoms with van der Waals surface area (Å²) in [5, 5.41) is 13.2. The zero-order chi connectivity index (χ0) is 26.6. The SMILES string of the molecule is Cc1nc2c(n1C)-c1nc(N[C@H]3CCN(S(=O)(=O)c4ccc(N5CCC(O)C5)nc4)C[C@H]3C)ncc1CC2. The highest BCUT2D eigenvalue weighted by Crippen LogP contribution is 2.33. The minimum absolute atomic E-state index is 0.0536. The van der Waals surface area contributed by atoms with Crippen molar-refractivity contribution in [1.29, 1.82) is 0 Å². The molecule has 0 aromatic carbocycles. The van der Waals surface area contributed by atoms with Gasteiger partial charge in [0, 0.05) is 51.7 Å². The van der Waals surface area contributed by atoms with Crippen LogP contribution in [0.3, 0.4) is 0 Å². The van der Waals surface area contributed by atoms with Gasteiger partial charge in [0.05, 0.1) is 23.2 Å². The Kier molecular flexibility index (Phi) is 6.36. The van der Waals surface area contributed by atoms with Gasteiger partial charge >= 0.3 is 0 Å². The molecule has 1 unspecified atom stereocenters. The average Bonchev–Trinajstić information content (AvgIpc) is 3.47. The molecule has 3 aromatic rings. The number of aliphatic hydroxyl groups is 1. The van der Waals surface area contributed by atoms with Crippen LogP contribution in [0.25, 0.3) is 11.4 Å². The van der Waals surface area contributed by atoms with Crippen LogP contribution < -0.4 is 10.2 Å². The molecule has 2 aliphatic heterocycles. The molecule has 0 spiro atoms. The number of fused-ring (bicyclic) bond motifs is 3. The number of aromatic nitrogens is 5. The predicted octanol–water partition coefficient (Wildman–Crippen LogP) is 1.76. The molecular weight excluding hydrogens is 504 g/mol. The van der Waals surface area contributed by atoms with Crippen LogP contribution in [0.5, 0.6) is 0 Å². The lowest BCUT2D eigenvalue weighted by atomic mass is 9.95. The Balaban J connectivity index is 1.14. The van der Waals surface area contributed by atoms with Crippen molar-refractivity contribution in [3.63, 3.8) is 0 Å². The predicted molar refractivity (Wildman–Crippen MR) is 143 cm³/mol. The number of sulfonamides is 1. The van der Waals surface area contributed by atoms with Gasteiger partial charge in [-0.2, -0.15) is 4.31 Å². The first-order valence-corrected chi connectivity index (χ1v) is 14.7. The molecule has 202 valence electrons. The summed E-state index contributed by atoms with van der Waals surface area (Å²) in [4.78, 5) is 20.7. The highest BCUT2D eigenvalue weighted by molar-refractivity contribution is 7.89. The molecule has 38 heavy (non-hydrogen) atoms. The fourth-order valence-corrected chi connectivity index (χ4v) is 7.28. The van der Waals surface area contributed by atoms with E-state index in [2.05, 4.69) is 26.8 Å². The summed E-state index contributed by atoms with van der Waals surface area (Å²) in [6, 6.07) is 3.40. The number of imidazole rings is 1. The van der Waals surface area contributed by atoms with Gasteiger partial charge in [0.25, 0.3) is 0 Å². The number of anilines is 2. The minimum atomic E-state index is -3.66. The zero-order valence-electron chi connectivity index (χ0n) is 22.0. The molecule has 3 aliphatic rings. The molecule has 6 rings (SSSR count). The quantitative estimate of drug-likeness (QED) is 0.499. The molecule has 0 radical (unpaired) electrons. The van der Waals surface area contributed by atoms with Crippen molar-refractivity contribution >= 4 is 21.8 Å². The number of piperidine rings is 1. The van der Waals surface area contributed by atoms with E-state index in [1.807, 2.05) is 25.1 Å². The van der Waals surface area contributed by atoms with E-state index in [-0.39, 0.29) is 23.0 Å². The monoisotopic (exact) mass is 538 g/mol. The Hall–Kier alpha value is -3.09. The molecule has 2 saturated heterocycles. The molecule has 3 atom stereocenters. The van der Waals surface area contributed by atoms with Gasteiger partial charge in [0.15, 0.2) is 0 Å². The lowest BCUT2D eigenvalue weighted by Gasteiger charge is -2.36. The van der Waals surface area contributed by atoms with Crippen LogP contribution in [-0.4, -0.2) is 80.7 Å². The van der Waals surface area contributed by atoms with Crippen molar-refractivity contribution in [3.8, 4) is 11.4 Å². The lowest BCUT2D eigenvalue weighted by molar-refractivity contribution is 0.198. The van der Waals surface area contributed by atoms with Crippen molar-refractivity contribution in [2.45, 2.75) is 56.6 Å². The Morgan fingerprint density at radius 3 is 2.61 bits per heavy atom. The molecule has 0 saturated carbocycles. The number of nitrogens with one attached hydrogen (secondary N) is 1. The van der Waals surface area contributed by atoms with Crippen LogP contribution >= 0.6 is 0 Å². The zero-order valence-corrected chi connectivity index (χ0v) is 22.8. The summed E-state index contributed by atoms with van der Waals surface area (Å²) < 4.78 is 30.4. The first-order chi connectivity index (χ1) is 18.2. The molecule has 0 bridgehead atoms. The van der Waals surface area contributed by atoms with E-state index < -0.39 is 10.0 Å². The molecule has 11 nitrogen and oxygen atoms in total. The van der Waals surface area contributed by atoms with Gasteiger partial charge in [-0.25, -0.2) is 28.4 Å². The van der Waals surface area contributed by atoms with Gasteiger partial charge in [-0.15, -0.1) is 0 Å². The van der Waals surface area contributed by atoms with Crippen molar-refractivity contribution in [2.75, 3.05) is 36.4 Å². The third-order valence-electron chi connectivity index (χ3n) is 8.14. The minimum Gasteiger partial charge on any atom is -0.391 e. The van der Waals surface area contributed by atoms with Crippen LogP contribution in [0.4, 0.5) is 11.8 Å². The Morgan fingerprint density at radius 2 is 1.89 bits per heavy atom. The maximum atomic E-state index is 13.4. The molecule has 2 N–H and O–H groups in total. The van der Waals surface area contributed by atoms with Gasteiger partial charge in [0.2, 0.25) is 16.0 Å². The Morgan fingerprint density at radius 1 is 1.05 bits per heavy atom. The van der Waals surface area contributed by atoms with E-state index in [0.717, 1.165) is 47.9 Å². The molecule has 12 heteroatoms. The molecule has 0 amide bonds. The summed E-state index contributed by atoms with van der Waals surface area (Å²) in [7, 11) is -1.64. The van der Waals surface area contributed by atoms with E-state index in [4.69, 9.17) is 9.97 Å². The average molecular weight is 539 g/mol. The fourth-order valence-electron chi connectivity index (χ4n) is 5.78. The van der Waals surface area contributed by atoms with Gasteiger partial charge in [-0.05, 0) is 56.2 Å². The third kappa shape index (κ3) is 4.44. The second kappa shape index (κ2) is 9.58. The van der Waals surface area contributed by atoms with E-state index in [1.54, 1.807) is 16.4 Å². The van der Waals surface area contributed by atoms with Gasteiger partial charge < -0.3 is 19.9 Å². The number of hydrogen-bond donors (Lipinski definition) is 2. The number of rotatable bonds is 5. The van der Waals surface area contributed by atoms with Crippen LogP contribution in [0, 0.1) is 12.8 Å². The van der Waals surface area contributed by atoms with Crippen molar-refractivity contribution < 1.29 is 13.5 Å². The number of pyridine rings is 1. The molecule has 3 aromatic heterocycles. The van der Waals surface area contributed by atoms with Crippen molar-refractivity contribution in [2.24, 2.45) is 13.0 Å². The molecule has 5 heterocycles. The summed E-state index contributed by atoms with van der Waals surface area (Å²) in [5.74, 6) is 2.29. The van der Waals surface area contributed by atoms with Crippen LogP contribution in [0.2, 0.25) is 0 Å². The first-order valence-electron chi connectivity index (χ1n) is 13.2. The van der Waals surface area contributed by atoms with Gasteiger partial charge in [-0.3, -0.25) is 0 Å².